The summed E-state index contributed by atoms with van der Waals surface area (Å²) in [5.74, 6) is -1.04. The molecule has 0 aromatic heterocycles. The molecular weight excluding hydrogens is 241 g/mol. The van der Waals surface area contributed by atoms with Gasteiger partial charge in [-0.1, -0.05) is 11.2 Å². The summed E-state index contributed by atoms with van der Waals surface area (Å²) in [7, 11) is 0. The van der Waals surface area contributed by atoms with Crippen molar-refractivity contribution >= 4 is 5.78 Å². The van der Waals surface area contributed by atoms with E-state index in [-0.39, 0.29) is 17.7 Å². The molecule has 0 heterocycles. The minimum atomic E-state index is -1.42. The molecule has 0 bridgehead atoms. The molecule has 1 aromatic carbocycles. The lowest BCUT2D eigenvalue weighted by Crippen LogP contribution is -2.23. The molecule has 0 radical (unpaired) electrons. The second-order valence-corrected chi connectivity index (χ2v) is 3.71. The molecule has 0 amide bonds. The van der Waals surface area contributed by atoms with Gasteiger partial charge in [0.25, 0.3) is 0 Å². The SMILES string of the molecule is CC(=O)c1cc(F)ccc1C(O)C(O)CN=[N+]=[N-]. The number of hydrogen-bond donors (Lipinski definition) is 2. The van der Waals surface area contributed by atoms with E-state index >= 15 is 0 Å². The van der Waals surface area contributed by atoms with Gasteiger partial charge in [-0.2, -0.15) is 0 Å². The van der Waals surface area contributed by atoms with Crippen LogP contribution in [0.5, 0.6) is 0 Å². The Hall–Kier alpha value is -1.95. The quantitative estimate of drug-likeness (QED) is 0.361. The van der Waals surface area contributed by atoms with E-state index in [1.165, 1.54) is 13.0 Å². The number of nitrogens with zero attached hydrogens (tertiary/aromatic N) is 3. The molecule has 0 aliphatic carbocycles. The highest BCUT2D eigenvalue weighted by Crippen LogP contribution is 2.23. The number of benzene rings is 1. The van der Waals surface area contributed by atoms with Gasteiger partial charge < -0.3 is 10.2 Å². The van der Waals surface area contributed by atoms with Crippen molar-refractivity contribution in [3.05, 3.63) is 45.6 Å². The van der Waals surface area contributed by atoms with Crippen molar-refractivity contribution in [2.75, 3.05) is 6.54 Å². The Morgan fingerprint density at radius 3 is 2.78 bits per heavy atom. The van der Waals surface area contributed by atoms with Gasteiger partial charge in [0.1, 0.15) is 11.9 Å². The molecule has 2 unspecified atom stereocenters. The number of Topliss-reactive ketones (excluding diaryl/α,β-unsaturated/α-hetero) is 1. The van der Waals surface area contributed by atoms with Gasteiger partial charge in [-0.3, -0.25) is 4.79 Å². The van der Waals surface area contributed by atoms with Crippen LogP contribution in [0.15, 0.2) is 23.3 Å². The number of carbonyl (C=O) groups excluding carboxylic acids is 1. The topological polar surface area (TPSA) is 106 Å². The van der Waals surface area contributed by atoms with Crippen LogP contribution in [0.3, 0.4) is 0 Å². The zero-order valence-electron chi connectivity index (χ0n) is 9.62. The highest BCUT2D eigenvalue weighted by molar-refractivity contribution is 5.95. The Bertz CT molecular complexity index is 500. The van der Waals surface area contributed by atoms with Crippen molar-refractivity contribution in [2.24, 2.45) is 5.11 Å². The molecule has 1 rings (SSSR count). The molecule has 0 aliphatic rings. The van der Waals surface area contributed by atoms with E-state index in [0.717, 1.165) is 12.1 Å². The van der Waals surface area contributed by atoms with Crippen molar-refractivity contribution in [1.29, 1.82) is 0 Å². The number of azide groups is 1. The molecule has 0 saturated carbocycles. The van der Waals surface area contributed by atoms with Crippen LogP contribution in [0.4, 0.5) is 4.39 Å². The molecule has 6 nitrogen and oxygen atoms in total. The van der Waals surface area contributed by atoms with Gasteiger partial charge in [0.15, 0.2) is 5.78 Å². The maximum atomic E-state index is 13.0. The largest absolute Gasteiger partial charge is 0.390 e. The zero-order valence-corrected chi connectivity index (χ0v) is 9.62. The summed E-state index contributed by atoms with van der Waals surface area (Å²) in [6, 6.07) is 3.28. The van der Waals surface area contributed by atoms with Crippen molar-refractivity contribution in [3.63, 3.8) is 0 Å². The van der Waals surface area contributed by atoms with E-state index in [0.29, 0.717) is 0 Å². The minimum Gasteiger partial charge on any atom is -0.390 e. The van der Waals surface area contributed by atoms with Crippen molar-refractivity contribution in [1.82, 2.24) is 0 Å². The van der Waals surface area contributed by atoms with Gasteiger partial charge in [0.2, 0.25) is 0 Å². The number of aliphatic hydroxyl groups is 2. The first-order chi connectivity index (χ1) is 8.47. The monoisotopic (exact) mass is 253 g/mol. The third-order valence-electron chi connectivity index (χ3n) is 2.41. The maximum absolute atomic E-state index is 13.0. The van der Waals surface area contributed by atoms with Crippen LogP contribution in [-0.4, -0.2) is 28.6 Å². The number of halogens is 1. The number of ketones is 1. The molecule has 7 heteroatoms. The van der Waals surface area contributed by atoms with Gasteiger partial charge in [-0.05, 0) is 30.2 Å². The van der Waals surface area contributed by atoms with Crippen LogP contribution < -0.4 is 0 Å². The average molecular weight is 253 g/mol. The lowest BCUT2D eigenvalue weighted by molar-refractivity contribution is 0.0238. The highest BCUT2D eigenvalue weighted by Gasteiger charge is 2.22. The van der Waals surface area contributed by atoms with E-state index < -0.39 is 23.8 Å². The fourth-order valence-corrected chi connectivity index (χ4v) is 1.52. The highest BCUT2D eigenvalue weighted by atomic mass is 19.1. The van der Waals surface area contributed by atoms with Crippen LogP contribution in [0.25, 0.3) is 10.4 Å². The second-order valence-electron chi connectivity index (χ2n) is 3.71. The third-order valence-corrected chi connectivity index (χ3v) is 2.41. The first-order valence-electron chi connectivity index (χ1n) is 5.14. The van der Waals surface area contributed by atoms with Crippen LogP contribution in [0.1, 0.15) is 28.9 Å². The number of rotatable bonds is 5. The second kappa shape index (κ2) is 6.11. The molecule has 96 valence electrons. The molecule has 0 saturated heterocycles. The van der Waals surface area contributed by atoms with Gasteiger partial charge in [-0.15, -0.1) is 0 Å². The van der Waals surface area contributed by atoms with Gasteiger partial charge in [0.05, 0.1) is 12.6 Å². The summed E-state index contributed by atoms with van der Waals surface area (Å²) in [5.41, 5.74) is 8.20. The summed E-state index contributed by atoms with van der Waals surface area (Å²) >= 11 is 0. The predicted octanol–water partition coefficient (Wildman–Crippen LogP) is 1.73. The Morgan fingerprint density at radius 1 is 1.56 bits per heavy atom. The van der Waals surface area contributed by atoms with E-state index in [1.807, 2.05) is 0 Å². The molecule has 0 aliphatic heterocycles. The lowest BCUT2D eigenvalue weighted by atomic mass is 9.96. The Morgan fingerprint density at radius 2 is 2.22 bits per heavy atom. The molecular formula is C11H12FN3O3. The fourth-order valence-electron chi connectivity index (χ4n) is 1.52. The number of hydrogen-bond acceptors (Lipinski definition) is 4. The molecule has 2 N–H and O–H groups in total. The van der Waals surface area contributed by atoms with Gasteiger partial charge in [0, 0.05) is 10.5 Å². The average Bonchev–Trinajstić information content (AvgIpc) is 2.34. The molecule has 1 aromatic rings. The van der Waals surface area contributed by atoms with Gasteiger partial charge in [-0.25, -0.2) is 4.39 Å². The van der Waals surface area contributed by atoms with Crippen molar-refractivity contribution < 1.29 is 19.4 Å². The van der Waals surface area contributed by atoms with Gasteiger partial charge >= 0.3 is 0 Å². The van der Waals surface area contributed by atoms with Crippen LogP contribution >= 0.6 is 0 Å². The summed E-state index contributed by atoms with van der Waals surface area (Å²) in [6.45, 7) is 0.886. The summed E-state index contributed by atoms with van der Waals surface area (Å²) < 4.78 is 13.0. The standard InChI is InChI=1S/C11H12FN3O3/c1-6(16)9-4-7(12)2-3-8(9)11(18)10(17)5-14-15-13/h2-4,10-11,17-18H,5H2,1H3. The Kier molecular flexibility index (Phi) is 4.79. The molecule has 2 atom stereocenters. The normalized spacial score (nSPS) is 13.6. The number of carbonyl (C=O) groups is 1. The van der Waals surface area contributed by atoms with E-state index in [1.54, 1.807) is 0 Å². The summed E-state index contributed by atoms with van der Waals surface area (Å²) in [6.07, 6.45) is -2.78. The zero-order chi connectivity index (χ0) is 13.7. The molecule has 0 spiro atoms. The molecule has 18 heavy (non-hydrogen) atoms. The lowest BCUT2D eigenvalue weighted by Gasteiger charge is -2.18. The van der Waals surface area contributed by atoms with Crippen molar-refractivity contribution in [2.45, 2.75) is 19.1 Å². The smallest absolute Gasteiger partial charge is 0.160 e. The Balaban J connectivity index is 3.08. The summed E-state index contributed by atoms with van der Waals surface area (Å²) in [4.78, 5) is 13.8. The Labute approximate surface area is 102 Å². The van der Waals surface area contributed by atoms with E-state index in [2.05, 4.69) is 10.0 Å². The maximum Gasteiger partial charge on any atom is 0.160 e. The number of aliphatic hydroxyl groups excluding tert-OH is 2. The first kappa shape index (κ1) is 14.1. The third kappa shape index (κ3) is 3.27. The van der Waals surface area contributed by atoms with E-state index in [9.17, 15) is 19.4 Å². The van der Waals surface area contributed by atoms with Crippen LogP contribution in [0, 0.1) is 5.82 Å². The van der Waals surface area contributed by atoms with E-state index in [4.69, 9.17) is 5.53 Å². The predicted molar refractivity (Wildman–Crippen MR) is 61.4 cm³/mol. The van der Waals surface area contributed by atoms with Crippen LogP contribution in [-0.2, 0) is 0 Å². The first-order valence-corrected chi connectivity index (χ1v) is 5.14. The summed E-state index contributed by atoms with van der Waals surface area (Å²) in [5, 5.41) is 22.5. The van der Waals surface area contributed by atoms with Crippen LogP contribution in [0.2, 0.25) is 0 Å². The fraction of sp³-hybridized carbons (Fsp3) is 0.364. The molecule has 0 fully saturated rings. The van der Waals surface area contributed by atoms with Crippen molar-refractivity contribution in [3.8, 4) is 0 Å². The minimum absolute atomic E-state index is 0.0116.